The smallest absolute Gasteiger partial charge is 0.291 e. The van der Waals surface area contributed by atoms with Gasteiger partial charge in [-0.15, -0.1) is 13.2 Å². The van der Waals surface area contributed by atoms with Gasteiger partial charge in [-0.1, -0.05) is 30.4 Å². The lowest BCUT2D eigenvalue weighted by Crippen LogP contribution is -2.53. The second-order valence-corrected chi connectivity index (χ2v) is 7.41. The average molecular weight is 416 g/mol. The Bertz CT molecular complexity index is 1380. The number of anilines is 1. The van der Waals surface area contributed by atoms with Gasteiger partial charge in [-0.2, -0.15) is 0 Å². The summed E-state index contributed by atoms with van der Waals surface area (Å²) in [6, 6.07) is 10.5. The highest BCUT2D eigenvalue weighted by molar-refractivity contribution is 6.17. The number of carbonyl (C=O) groups is 2. The summed E-state index contributed by atoms with van der Waals surface area (Å²) >= 11 is 0. The molecule has 0 saturated heterocycles. The zero-order valence-corrected chi connectivity index (χ0v) is 16.4. The Labute approximate surface area is 176 Å². The lowest BCUT2D eigenvalue weighted by atomic mass is 9.84. The molecule has 154 valence electrons. The van der Waals surface area contributed by atoms with Gasteiger partial charge in [0.25, 0.3) is 11.8 Å². The van der Waals surface area contributed by atoms with Crippen LogP contribution in [0, 0.1) is 5.82 Å². The van der Waals surface area contributed by atoms with Crippen molar-refractivity contribution in [2.24, 2.45) is 0 Å². The minimum atomic E-state index is -1.72. The fraction of sp³-hybridized carbons (Fsp3) is 0.125. The molecular formula is C24H17FN2O4. The van der Waals surface area contributed by atoms with Gasteiger partial charge in [0.2, 0.25) is 5.76 Å². The Morgan fingerprint density at radius 3 is 2.52 bits per heavy atom. The highest BCUT2D eigenvalue weighted by atomic mass is 19.1. The Kier molecular flexibility index (Phi) is 3.98. The number of halogens is 1. The second kappa shape index (κ2) is 6.50. The highest BCUT2D eigenvalue weighted by Crippen LogP contribution is 2.52. The number of nitrogens with zero attached hydrogens (tertiary/aromatic N) is 2. The summed E-state index contributed by atoms with van der Waals surface area (Å²) in [7, 11) is 0. The van der Waals surface area contributed by atoms with Gasteiger partial charge in [0.15, 0.2) is 11.0 Å². The molecule has 0 saturated carbocycles. The van der Waals surface area contributed by atoms with Gasteiger partial charge < -0.3 is 14.2 Å². The number of fused-ring (bicyclic) bond motifs is 5. The molecule has 31 heavy (non-hydrogen) atoms. The van der Waals surface area contributed by atoms with Crippen molar-refractivity contribution in [2.45, 2.75) is 5.54 Å². The molecular weight excluding hydrogens is 399 g/mol. The van der Waals surface area contributed by atoms with Crippen LogP contribution in [0.3, 0.4) is 0 Å². The Hall–Kier alpha value is -4.00. The molecule has 1 aromatic heterocycles. The summed E-state index contributed by atoms with van der Waals surface area (Å²) in [5.74, 6) is -1.89. The summed E-state index contributed by atoms with van der Waals surface area (Å²) in [6.07, 6.45) is 3.06. The monoisotopic (exact) mass is 416 g/mol. The molecule has 0 bridgehead atoms. The summed E-state index contributed by atoms with van der Waals surface area (Å²) in [5.41, 5.74) is -1.29. The van der Waals surface area contributed by atoms with Crippen LogP contribution in [0.4, 0.5) is 10.1 Å². The Morgan fingerprint density at radius 1 is 1.03 bits per heavy atom. The number of hydrogen-bond donors (Lipinski definition) is 0. The molecule has 3 aromatic rings. The van der Waals surface area contributed by atoms with E-state index in [0.717, 1.165) is 12.1 Å². The summed E-state index contributed by atoms with van der Waals surface area (Å²) in [6.45, 7) is 7.63. The quantitative estimate of drug-likeness (QED) is 0.612. The minimum Gasteiger partial charge on any atom is -0.450 e. The van der Waals surface area contributed by atoms with E-state index < -0.39 is 28.6 Å². The van der Waals surface area contributed by atoms with Crippen LogP contribution in [0.1, 0.15) is 21.7 Å². The van der Waals surface area contributed by atoms with Gasteiger partial charge in [-0.3, -0.25) is 14.4 Å². The van der Waals surface area contributed by atoms with Gasteiger partial charge in [0.1, 0.15) is 11.4 Å². The van der Waals surface area contributed by atoms with Crippen LogP contribution in [-0.4, -0.2) is 29.8 Å². The maximum absolute atomic E-state index is 13.9. The minimum absolute atomic E-state index is 0.00911. The zero-order chi connectivity index (χ0) is 21.9. The van der Waals surface area contributed by atoms with Gasteiger partial charge in [0.05, 0.1) is 16.6 Å². The fourth-order valence-electron chi connectivity index (χ4n) is 4.65. The number of para-hydroxylation sites is 1. The molecule has 2 aliphatic rings. The van der Waals surface area contributed by atoms with Crippen molar-refractivity contribution >= 4 is 28.5 Å². The first-order valence-corrected chi connectivity index (χ1v) is 9.68. The van der Waals surface area contributed by atoms with Crippen molar-refractivity contribution in [2.75, 3.05) is 18.0 Å². The van der Waals surface area contributed by atoms with Crippen molar-refractivity contribution < 1.29 is 18.4 Å². The molecule has 2 aliphatic heterocycles. The number of amides is 2. The molecule has 1 spiro atoms. The van der Waals surface area contributed by atoms with Crippen LogP contribution in [0.15, 0.2) is 77.0 Å². The third-order valence-electron chi connectivity index (χ3n) is 5.82. The maximum atomic E-state index is 13.9. The highest BCUT2D eigenvalue weighted by Gasteiger charge is 2.64. The van der Waals surface area contributed by atoms with Crippen LogP contribution < -0.4 is 10.3 Å². The number of benzene rings is 2. The summed E-state index contributed by atoms with van der Waals surface area (Å²) in [4.78, 5) is 43.7. The van der Waals surface area contributed by atoms with Crippen LogP contribution in [0.5, 0.6) is 0 Å². The van der Waals surface area contributed by atoms with E-state index in [4.69, 9.17) is 4.42 Å². The van der Waals surface area contributed by atoms with E-state index in [2.05, 4.69) is 13.2 Å². The van der Waals surface area contributed by atoms with E-state index >= 15 is 0 Å². The van der Waals surface area contributed by atoms with Gasteiger partial charge >= 0.3 is 0 Å². The number of carbonyl (C=O) groups excluding carboxylic acids is 2. The molecule has 7 heteroatoms. The predicted octanol–water partition coefficient (Wildman–Crippen LogP) is 3.35. The molecule has 6 nitrogen and oxygen atoms in total. The number of rotatable bonds is 4. The second-order valence-electron chi connectivity index (χ2n) is 7.41. The van der Waals surface area contributed by atoms with E-state index in [0.29, 0.717) is 11.3 Å². The first-order chi connectivity index (χ1) is 15.0. The molecule has 2 amide bonds. The number of hydrogen-bond acceptors (Lipinski definition) is 4. The average Bonchev–Trinajstić information content (AvgIpc) is 3.15. The van der Waals surface area contributed by atoms with E-state index in [1.807, 2.05) is 0 Å². The SMILES string of the molecule is C=CCN1C(=O)C2(c3ccccc31)c1c(oc3ccc(F)cc3c1=O)C(=O)N2CC=C. The van der Waals surface area contributed by atoms with Crippen LogP contribution in [-0.2, 0) is 10.3 Å². The molecule has 0 aliphatic carbocycles. The normalized spacial score (nSPS) is 19.3. The zero-order valence-electron chi connectivity index (χ0n) is 16.4. The van der Waals surface area contributed by atoms with Crippen LogP contribution >= 0.6 is 0 Å². The van der Waals surface area contributed by atoms with Gasteiger partial charge in [0, 0.05) is 18.7 Å². The molecule has 5 rings (SSSR count). The molecule has 0 radical (unpaired) electrons. The van der Waals surface area contributed by atoms with Crippen LogP contribution in [0.2, 0.25) is 0 Å². The summed E-state index contributed by atoms with van der Waals surface area (Å²) in [5, 5.41) is -0.0289. The van der Waals surface area contributed by atoms with Crippen molar-refractivity contribution in [3.63, 3.8) is 0 Å². The Morgan fingerprint density at radius 2 is 1.77 bits per heavy atom. The topological polar surface area (TPSA) is 70.8 Å². The van der Waals surface area contributed by atoms with E-state index in [9.17, 15) is 18.8 Å². The van der Waals surface area contributed by atoms with Crippen molar-refractivity contribution in [1.82, 2.24) is 4.90 Å². The van der Waals surface area contributed by atoms with Crippen molar-refractivity contribution in [3.05, 3.63) is 101 Å². The first-order valence-electron chi connectivity index (χ1n) is 9.68. The van der Waals surface area contributed by atoms with Crippen molar-refractivity contribution in [1.29, 1.82) is 0 Å². The summed E-state index contributed by atoms with van der Waals surface area (Å²) < 4.78 is 19.7. The molecule has 0 N–H and O–H groups in total. The van der Waals surface area contributed by atoms with Crippen LogP contribution in [0.25, 0.3) is 11.0 Å². The lowest BCUT2D eigenvalue weighted by molar-refractivity contribution is -0.125. The molecule has 2 aromatic carbocycles. The molecule has 3 heterocycles. The Balaban J connectivity index is 1.95. The standard InChI is InChI=1S/C24H17FN2O4/c1-3-11-26-17-8-6-5-7-16(17)24(23(26)30)19-20(28)15-13-14(25)9-10-18(15)31-21(19)22(29)27(24)12-4-2/h3-10,13H,1-2,11-12H2. The molecule has 1 atom stereocenters. The van der Waals surface area contributed by atoms with E-state index in [1.54, 1.807) is 30.3 Å². The molecule has 0 fully saturated rings. The van der Waals surface area contributed by atoms with E-state index in [-0.39, 0.29) is 35.4 Å². The largest absolute Gasteiger partial charge is 0.450 e. The van der Waals surface area contributed by atoms with E-state index in [1.165, 1.54) is 21.9 Å². The fourth-order valence-corrected chi connectivity index (χ4v) is 4.65. The third kappa shape index (κ3) is 2.23. The lowest BCUT2D eigenvalue weighted by Gasteiger charge is -2.33. The maximum Gasteiger partial charge on any atom is 0.291 e. The predicted molar refractivity (Wildman–Crippen MR) is 113 cm³/mol. The van der Waals surface area contributed by atoms with Gasteiger partial charge in [-0.05, 0) is 24.3 Å². The van der Waals surface area contributed by atoms with Gasteiger partial charge in [-0.25, -0.2) is 4.39 Å². The van der Waals surface area contributed by atoms with Crippen molar-refractivity contribution in [3.8, 4) is 0 Å². The first kappa shape index (κ1) is 19.0. The third-order valence-corrected chi connectivity index (χ3v) is 5.82. The molecule has 1 unspecified atom stereocenters.